The topological polar surface area (TPSA) is 129 Å². The molecule has 0 N–H and O–H groups in total. The van der Waals surface area contributed by atoms with E-state index in [1.54, 1.807) is 37.2 Å². The van der Waals surface area contributed by atoms with Gasteiger partial charge in [-0.3, -0.25) is 29.9 Å². The summed E-state index contributed by atoms with van der Waals surface area (Å²) in [6.07, 6.45) is 10.3. The molecule has 0 saturated heterocycles. The zero-order valence-corrected chi connectivity index (χ0v) is 35.1. The van der Waals surface area contributed by atoms with Crippen molar-refractivity contribution in [1.82, 2.24) is 29.9 Å². The van der Waals surface area contributed by atoms with Crippen molar-refractivity contribution in [3.05, 3.63) is 224 Å². The highest BCUT2D eigenvalue weighted by molar-refractivity contribution is 6.13. The number of benzene rings is 4. The lowest BCUT2D eigenvalue weighted by molar-refractivity contribution is 1.30. The summed E-state index contributed by atoms with van der Waals surface area (Å²) in [5.41, 5.74) is 10.5. The predicted molar refractivity (Wildman–Crippen MR) is 258 cm³/mol. The molecule has 0 aliphatic heterocycles. The van der Waals surface area contributed by atoms with Crippen molar-refractivity contribution in [2.24, 2.45) is 0 Å². The Morgan fingerprint density at radius 2 is 0.545 bits per heavy atom. The van der Waals surface area contributed by atoms with Gasteiger partial charge >= 0.3 is 0 Å². The number of aromatic nitrogens is 6. The minimum absolute atomic E-state index is 0.0858. The lowest BCUT2D eigenvalue weighted by atomic mass is 9.76. The van der Waals surface area contributed by atoms with Gasteiger partial charge < -0.3 is 0 Å². The van der Waals surface area contributed by atoms with E-state index in [4.69, 9.17) is 29.9 Å². The van der Waals surface area contributed by atoms with Gasteiger partial charge in [-0.05, 0) is 83.9 Å². The fourth-order valence-corrected chi connectivity index (χ4v) is 8.69. The molecule has 0 aliphatic rings. The highest BCUT2D eigenvalue weighted by Crippen LogP contribution is 2.57. The van der Waals surface area contributed by atoms with Gasteiger partial charge in [0.15, 0.2) is 0 Å². The first-order valence-electron chi connectivity index (χ1n) is 21.0. The second kappa shape index (κ2) is 17.9. The molecule has 9 heteroatoms. The number of pyridine rings is 6. The molecule has 6 aromatic heterocycles. The molecule has 0 bridgehead atoms. The summed E-state index contributed by atoms with van der Waals surface area (Å²) in [5, 5.41) is 24.0. The minimum atomic E-state index is 0.0858. The van der Waals surface area contributed by atoms with E-state index in [0.717, 1.165) is 0 Å². The van der Waals surface area contributed by atoms with Gasteiger partial charge in [0.1, 0.15) is 0 Å². The predicted octanol–water partition coefficient (Wildman–Crippen LogP) is 13.4. The molecular formula is C57H33N9. The third kappa shape index (κ3) is 7.19. The van der Waals surface area contributed by atoms with Crippen molar-refractivity contribution in [3.63, 3.8) is 0 Å². The third-order valence-corrected chi connectivity index (χ3v) is 11.4. The molecule has 10 rings (SSSR count). The summed E-state index contributed by atoms with van der Waals surface area (Å²) in [4.78, 5) is 33.4. The van der Waals surface area contributed by atoms with Gasteiger partial charge in [0.2, 0.25) is 5.69 Å². The molecule has 0 saturated carbocycles. The maximum Gasteiger partial charge on any atom is 0.205 e. The van der Waals surface area contributed by atoms with Crippen molar-refractivity contribution >= 4 is 5.69 Å². The zero-order valence-electron chi connectivity index (χ0n) is 35.1. The van der Waals surface area contributed by atoms with Crippen LogP contribution in [0.4, 0.5) is 5.69 Å². The third-order valence-electron chi connectivity index (χ3n) is 11.4. The summed E-state index contributed by atoms with van der Waals surface area (Å²) in [6.45, 7) is 9.32. The van der Waals surface area contributed by atoms with Crippen LogP contribution in [0.5, 0.6) is 0 Å². The fourth-order valence-electron chi connectivity index (χ4n) is 8.69. The van der Waals surface area contributed by atoms with Crippen molar-refractivity contribution < 1.29 is 0 Å². The van der Waals surface area contributed by atoms with Crippen LogP contribution in [0.3, 0.4) is 0 Å². The maximum atomic E-state index is 12.0. The van der Waals surface area contributed by atoms with Gasteiger partial charge in [-0.15, -0.1) is 0 Å². The average molecular weight is 844 g/mol. The van der Waals surface area contributed by atoms with Crippen molar-refractivity contribution in [1.29, 1.82) is 10.5 Å². The molecule has 4 aromatic carbocycles. The molecule has 0 radical (unpaired) electrons. The zero-order chi connectivity index (χ0) is 44.8. The van der Waals surface area contributed by atoms with Crippen LogP contribution in [-0.2, 0) is 0 Å². The van der Waals surface area contributed by atoms with E-state index in [-0.39, 0.29) is 16.8 Å². The first kappa shape index (κ1) is 40.3. The van der Waals surface area contributed by atoms with Crippen LogP contribution in [0.2, 0.25) is 0 Å². The van der Waals surface area contributed by atoms with Crippen LogP contribution in [0.25, 0.3) is 106 Å². The molecule has 6 heterocycles. The summed E-state index contributed by atoms with van der Waals surface area (Å²) in [6, 6.07) is 56.5. The number of hydrogen-bond acceptors (Lipinski definition) is 8. The second-order valence-corrected chi connectivity index (χ2v) is 15.0. The Labute approximate surface area is 381 Å². The normalized spacial score (nSPS) is 10.7. The van der Waals surface area contributed by atoms with Crippen molar-refractivity contribution in [2.45, 2.75) is 0 Å². The SMILES string of the molecule is [C-]#[N+]c1c(-c2c(-c3ccccn3)cccc2-c2ccccn2)c(C#N)c(-c2c(-c3ccccn3)cccc2-c2ccccn2)c(C#N)c1-c1c(-c2ccccn2)cccc1-c1ccccn1. The number of hydrogen-bond donors (Lipinski definition) is 0. The molecule has 9 nitrogen and oxygen atoms in total. The smallest absolute Gasteiger partial charge is 0.205 e. The van der Waals surface area contributed by atoms with Crippen LogP contribution in [0, 0.1) is 29.2 Å². The molecule has 0 aliphatic carbocycles. The quantitative estimate of drug-likeness (QED) is 0.131. The summed E-state index contributed by atoms with van der Waals surface area (Å²) in [5.74, 6) is 0. The van der Waals surface area contributed by atoms with Gasteiger partial charge in [0.05, 0.1) is 64.0 Å². The van der Waals surface area contributed by atoms with E-state index in [2.05, 4.69) is 17.0 Å². The standard InChI is InChI=1S/C57H33N9/c1-60-57-55(52-39(47-25-4-10-31-63-47)19-15-20-40(52)48-26-5-11-32-64-48)43(35-58)54(51-37(45-23-2-8-29-61-45)17-14-18-38(51)46-24-3-9-30-62-46)44(36-59)56(57)53-41(49-27-6-12-33-65-49)21-16-22-42(53)50-28-7-13-34-66-50/h2-34H. The Morgan fingerprint density at radius 1 is 0.303 bits per heavy atom. The second-order valence-electron chi connectivity index (χ2n) is 15.0. The van der Waals surface area contributed by atoms with E-state index < -0.39 is 0 Å². The van der Waals surface area contributed by atoms with Crippen LogP contribution in [0.1, 0.15) is 11.1 Å². The summed E-state index contributed by atoms with van der Waals surface area (Å²) in [7, 11) is 0. The first-order valence-corrected chi connectivity index (χ1v) is 21.0. The van der Waals surface area contributed by atoms with E-state index in [1.165, 1.54) is 0 Å². The molecule has 0 spiro atoms. The molecule has 10 aromatic rings. The van der Waals surface area contributed by atoms with Gasteiger partial charge in [0.25, 0.3) is 0 Å². The monoisotopic (exact) mass is 843 g/mol. The average Bonchev–Trinajstić information content (AvgIpc) is 3.41. The largest absolute Gasteiger partial charge is 0.256 e. The van der Waals surface area contributed by atoms with Crippen LogP contribution >= 0.6 is 0 Å². The van der Waals surface area contributed by atoms with Crippen molar-refractivity contribution in [3.8, 4) is 113 Å². The first-order chi connectivity index (χ1) is 32.7. The highest BCUT2D eigenvalue weighted by Gasteiger charge is 2.34. The Hall–Kier alpha value is -9.75. The van der Waals surface area contributed by atoms with E-state index in [1.807, 2.05) is 164 Å². The van der Waals surface area contributed by atoms with Crippen LogP contribution < -0.4 is 0 Å². The maximum absolute atomic E-state index is 12.0. The Morgan fingerprint density at radius 3 is 0.742 bits per heavy atom. The lowest BCUT2D eigenvalue weighted by Crippen LogP contribution is -2.05. The number of rotatable bonds is 9. The summed E-state index contributed by atoms with van der Waals surface area (Å²) >= 11 is 0. The molecular weight excluding hydrogens is 811 g/mol. The minimum Gasteiger partial charge on any atom is -0.256 e. The van der Waals surface area contributed by atoms with E-state index in [0.29, 0.717) is 101 Å². The molecule has 0 amide bonds. The molecule has 0 unspecified atom stereocenters. The highest BCUT2D eigenvalue weighted by atomic mass is 14.7. The van der Waals surface area contributed by atoms with Crippen molar-refractivity contribution in [2.75, 3.05) is 0 Å². The molecule has 66 heavy (non-hydrogen) atoms. The Bertz CT molecular complexity index is 2960. The van der Waals surface area contributed by atoms with Gasteiger partial charge in [0, 0.05) is 92.8 Å². The van der Waals surface area contributed by atoms with Gasteiger partial charge in [-0.2, -0.15) is 10.5 Å². The van der Waals surface area contributed by atoms with E-state index in [9.17, 15) is 17.1 Å². The van der Waals surface area contributed by atoms with Gasteiger partial charge in [-0.1, -0.05) is 91.0 Å². The van der Waals surface area contributed by atoms with Crippen LogP contribution in [-0.4, -0.2) is 29.9 Å². The number of nitrogens with zero attached hydrogens (tertiary/aromatic N) is 9. The van der Waals surface area contributed by atoms with Crippen LogP contribution in [0.15, 0.2) is 201 Å². The number of nitriles is 2. The Balaban J connectivity index is 1.51. The molecule has 0 fully saturated rings. The lowest BCUT2D eigenvalue weighted by Gasteiger charge is -2.26. The Kier molecular flexibility index (Phi) is 11.0. The molecule has 0 atom stereocenters. The fraction of sp³-hybridized carbons (Fsp3) is 0. The molecule has 306 valence electrons. The summed E-state index contributed by atoms with van der Waals surface area (Å²) < 4.78 is 0. The van der Waals surface area contributed by atoms with Gasteiger partial charge in [-0.25, -0.2) is 4.85 Å². The van der Waals surface area contributed by atoms with E-state index >= 15 is 0 Å².